The first-order valence-electron chi connectivity index (χ1n) is 6.24. The molecule has 0 heterocycles. The van der Waals surface area contributed by atoms with Gasteiger partial charge in [0.05, 0.1) is 6.04 Å². The van der Waals surface area contributed by atoms with Gasteiger partial charge in [-0.1, -0.05) is 37.3 Å². The molecule has 3 nitrogen and oxygen atoms in total. The highest BCUT2D eigenvalue weighted by Crippen LogP contribution is 2.38. The lowest BCUT2D eigenvalue weighted by atomic mass is 9.88. The molecular formula is C14H19NO2. The number of carbonyl (C=O) groups excluding carboxylic acids is 1. The highest BCUT2D eigenvalue weighted by atomic mass is 16.3. The fourth-order valence-corrected chi connectivity index (χ4v) is 2.55. The Morgan fingerprint density at radius 2 is 2.18 bits per heavy atom. The van der Waals surface area contributed by atoms with Crippen molar-refractivity contribution in [3.63, 3.8) is 0 Å². The zero-order valence-electron chi connectivity index (χ0n) is 10.1. The quantitative estimate of drug-likeness (QED) is 0.838. The van der Waals surface area contributed by atoms with Crippen LogP contribution in [0.5, 0.6) is 0 Å². The molecule has 1 amide bonds. The average molecular weight is 233 g/mol. The maximum atomic E-state index is 11.5. The van der Waals surface area contributed by atoms with Gasteiger partial charge in [-0.3, -0.25) is 4.79 Å². The summed E-state index contributed by atoms with van der Waals surface area (Å²) in [5, 5.41) is 13.7. The van der Waals surface area contributed by atoms with E-state index in [-0.39, 0.29) is 11.9 Å². The number of amides is 1. The summed E-state index contributed by atoms with van der Waals surface area (Å²) in [6, 6.07) is 9.47. The van der Waals surface area contributed by atoms with E-state index in [0.29, 0.717) is 12.8 Å². The number of aliphatic hydroxyl groups is 1. The maximum absolute atomic E-state index is 11.5. The average Bonchev–Trinajstić information content (AvgIpc) is 2.73. The molecule has 2 unspecified atom stereocenters. The SMILES string of the molecule is CCC(=O)NC1CCCC1(O)c1ccccc1. The van der Waals surface area contributed by atoms with Crippen LogP contribution < -0.4 is 5.32 Å². The van der Waals surface area contributed by atoms with Crippen molar-refractivity contribution in [2.75, 3.05) is 0 Å². The fraction of sp³-hybridized carbons (Fsp3) is 0.500. The molecule has 1 fully saturated rings. The van der Waals surface area contributed by atoms with Crippen LogP contribution in [0.2, 0.25) is 0 Å². The zero-order chi connectivity index (χ0) is 12.3. The van der Waals surface area contributed by atoms with Crippen LogP contribution in [0.3, 0.4) is 0 Å². The lowest BCUT2D eigenvalue weighted by Crippen LogP contribution is -2.46. The van der Waals surface area contributed by atoms with Gasteiger partial charge in [-0.15, -0.1) is 0 Å². The van der Waals surface area contributed by atoms with Gasteiger partial charge in [0.15, 0.2) is 0 Å². The molecule has 0 bridgehead atoms. The van der Waals surface area contributed by atoms with Gasteiger partial charge < -0.3 is 10.4 Å². The molecule has 2 N–H and O–H groups in total. The van der Waals surface area contributed by atoms with Gasteiger partial charge in [0.25, 0.3) is 0 Å². The van der Waals surface area contributed by atoms with Crippen LogP contribution in [0.25, 0.3) is 0 Å². The smallest absolute Gasteiger partial charge is 0.220 e. The van der Waals surface area contributed by atoms with E-state index >= 15 is 0 Å². The van der Waals surface area contributed by atoms with E-state index < -0.39 is 5.60 Å². The summed E-state index contributed by atoms with van der Waals surface area (Å²) in [5.41, 5.74) is 0.00503. The molecule has 17 heavy (non-hydrogen) atoms. The van der Waals surface area contributed by atoms with Crippen molar-refractivity contribution >= 4 is 5.91 Å². The fourth-order valence-electron chi connectivity index (χ4n) is 2.55. The van der Waals surface area contributed by atoms with Crippen molar-refractivity contribution in [3.05, 3.63) is 35.9 Å². The minimum atomic E-state index is -0.897. The van der Waals surface area contributed by atoms with Gasteiger partial charge in [-0.05, 0) is 24.8 Å². The molecule has 1 aromatic rings. The molecule has 0 aliphatic heterocycles. The van der Waals surface area contributed by atoms with E-state index in [9.17, 15) is 9.90 Å². The van der Waals surface area contributed by atoms with Crippen molar-refractivity contribution < 1.29 is 9.90 Å². The molecular weight excluding hydrogens is 214 g/mol. The molecule has 92 valence electrons. The number of rotatable bonds is 3. The second-order valence-corrected chi connectivity index (χ2v) is 4.66. The Bertz CT molecular complexity index is 390. The van der Waals surface area contributed by atoms with Crippen LogP contribution in [-0.4, -0.2) is 17.1 Å². The summed E-state index contributed by atoms with van der Waals surface area (Å²) in [7, 11) is 0. The molecule has 1 saturated carbocycles. The van der Waals surface area contributed by atoms with Gasteiger partial charge in [0.2, 0.25) is 5.91 Å². The third kappa shape index (κ3) is 2.34. The molecule has 0 radical (unpaired) electrons. The zero-order valence-corrected chi connectivity index (χ0v) is 10.1. The van der Waals surface area contributed by atoms with Gasteiger partial charge in [-0.25, -0.2) is 0 Å². The topological polar surface area (TPSA) is 49.3 Å². The van der Waals surface area contributed by atoms with E-state index in [2.05, 4.69) is 5.32 Å². The predicted molar refractivity (Wildman–Crippen MR) is 66.4 cm³/mol. The molecule has 0 spiro atoms. The van der Waals surface area contributed by atoms with Crippen molar-refractivity contribution in [2.45, 2.75) is 44.2 Å². The molecule has 1 aliphatic carbocycles. The number of benzene rings is 1. The van der Waals surface area contributed by atoms with E-state index in [4.69, 9.17) is 0 Å². The Labute approximate surface area is 102 Å². The van der Waals surface area contributed by atoms with Crippen molar-refractivity contribution in [1.82, 2.24) is 5.32 Å². The largest absolute Gasteiger partial charge is 0.383 e. The lowest BCUT2D eigenvalue weighted by Gasteiger charge is -2.31. The predicted octanol–water partition coefficient (Wildman–Crippen LogP) is 1.95. The third-order valence-corrected chi connectivity index (χ3v) is 3.56. The first-order chi connectivity index (χ1) is 8.16. The Kier molecular flexibility index (Phi) is 3.48. The third-order valence-electron chi connectivity index (χ3n) is 3.56. The first-order valence-corrected chi connectivity index (χ1v) is 6.24. The molecule has 1 aromatic carbocycles. The summed E-state index contributed by atoms with van der Waals surface area (Å²) in [4.78, 5) is 11.5. The monoisotopic (exact) mass is 233 g/mol. The summed E-state index contributed by atoms with van der Waals surface area (Å²) < 4.78 is 0. The maximum Gasteiger partial charge on any atom is 0.220 e. The van der Waals surface area contributed by atoms with Gasteiger partial charge in [-0.2, -0.15) is 0 Å². The van der Waals surface area contributed by atoms with Crippen LogP contribution in [0.4, 0.5) is 0 Å². The molecule has 0 saturated heterocycles. The summed E-state index contributed by atoms with van der Waals surface area (Å²) in [5.74, 6) is 0.00579. The lowest BCUT2D eigenvalue weighted by molar-refractivity contribution is -0.123. The molecule has 0 aromatic heterocycles. The summed E-state index contributed by atoms with van der Waals surface area (Å²) in [6.07, 6.45) is 2.96. The number of hydrogen-bond donors (Lipinski definition) is 2. The normalized spacial score (nSPS) is 28.0. The minimum Gasteiger partial charge on any atom is -0.383 e. The molecule has 2 atom stereocenters. The van der Waals surface area contributed by atoms with Gasteiger partial charge in [0, 0.05) is 6.42 Å². The van der Waals surface area contributed by atoms with Crippen LogP contribution in [0, 0.1) is 0 Å². The highest BCUT2D eigenvalue weighted by Gasteiger charge is 2.43. The van der Waals surface area contributed by atoms with E-state index in [1.807, 2.05) is 37.3 Å². The minimum absolute atomic E-state index is 0.00579. The Balaban J connectivity index is 2.20. The Hall–Kier alpha value is -1.35. The van der Waals surface area contributed by atoms with Crippen LogP contribution in [0.1, 0.15) is 38.2 Å². The standard InChI is InChI=1S/C14H19NO2/c1-2-13(16)15-12-9-6-10-14(12,17)11-7-4-3-5-8-11/h3-5,7-8,12,17H,2,6,9-10H2,1H3,(H,15,16). The van der Waals surface area contributed by atoms with Crippen molar-refractivity contribution in [2.24, 2.45) is 0 Å². The number of carbonyl (C=O) groups is 1. The van der Waals surface area contributed by atoms with Crippen LogP contribution >= 0.6 is 0 Å². The summed E-state index contributed by atoms with van der Waals surface area (Å²) >= 11 is 0. The molecule has 1 aliphatic rings. The Morgan fingerprint density at radius 3 is 2.82 bits per heavy atom. The van der Waals surface area contributed by atoms with E-state index in [1.165, 1.54) is 0 Å². The second kappa shape index (κ2) is 4.88. The van der Waals surface area contributed by atoms with Crippen LogP contribution in [0.15, 0.2) is 30.3 Å². The van der Waals surface area contributed by atoms with E-state index in [0.717, 1.165) is 18.4 Å². The van der Waals surface area contributed by atoms with Crippen molar-refractivity contribution in [3.8, 4) is 0 Å². The molecule has 3 heteroatoms. The van der Waals surface area contributed by atoms with Gasteiger partial charge >= 0.3 is 0 Å². The van der Waals surface area contributed by atoms with E-state index in [1.54, 1.807) is 0 Å². The first kappa shape index (κ1) is 12.1. The van der Waals surface area contributed by atoms with Crippen LogP contribution in [-0.2, 0) is 10.4 Å². The molecule has 2 rings (SSSR count). The second-order valence-electron chi connectivity index (χ2n) is 4.66. The van der Waals surface area contributed by atoms with Gasteiger partial charge in [0.1, 0.15) is 5.60 Å². The number of hydrogen-bond acceptors (Lipinski definition) is 2. The van der Waals surface area contributed by atoms with Crippen molar-refractivity contribution in [1.29, 1.82) is 0 Å². The highest BCUT2D eigenvalue weighted by molar-refractivity contribution is 5.76. The Morgan fingerprint density at radius 1 is 1.47 bits per heavy atom. The summed E-state index contributed by atoms with van der Waals surface area (Å²) in [6.45, 7) is 1.83. The number of nitrogens with one attached hydrogen (secondary N) is 1.